The number of benzene rings is 1. The van der Waals surface area contributed by atoms with Gasteiger partial charge < -0.3 is 14.6 Å². The van der Waals surface area contributed by atoms with Crippen molar-refractivity contribution >= 4 is 5.97 Å². The van der Waals surface area contributed by atoms with Gasteiger partial charge in [0, 0.05) is 49.8 Å². The van der Waals surface area contributed by atoms with E-state index in [0.29, 0.717) is 25.5 Å². The van der Waals surface area contributed by atoms with Crippen molar-refractivity contribution in [3.8, 4) is 5.75 Å². The second-order valence-corrected chi connectivity index (χ2v) is 6.53. The Morgan fingerprint density at radius 3 is 2.96 bits per heavy atom. The van der Waals surface area contributed by atoms with Crippen LogP contribution in [0.5, 0.6) is 5.75 Å². The number of methoxy groups -OCH3 is 1. The second kappa shape index (κ2) is 7.46. The van der Waals surface area contributed by atoms with Crippen LogP contribution in [0.1, 0.15) is 5.56 Å². The van der Waals surface area contributed by atoms with Crippen molar-refractivity contribution < 1.29 is 23.8 Å². The van der Waals surface area contributed by atoms with Crippen LogP contribution >= 0.6 is 0 Å². The summed E-state index contributed by atoms with van der Waals surface area (Å²) in [6.45, 7) is 4.16. The molecule has 24 heavy (non-hydrogen) atoms. The van der Waals surface area contributed by atoms with E-state index in [1.165, 1.54) is 19.2 Å². The molecule has 1 aromatic carbocycles. The van der Waals surface area contributed by atoms with Gasteiger partial charge in [-0.3, -0.25) is 14.6 Å². The van der Waals surface area contributed by atoms with E-state index in [-0.39, 0.29) is 24.3 Å². The Morgan fingerprint density at radius 2 is 2.21 bits per heavy atom. The summed E-state index contributed by atoms with van der Waals surface area (Å²) >= 11 is 0. The van der Waals surface area contributed by atoms with E-state index in [4.69, 9.17) is 14.6 Å². The summed E-state index contributed by atoms with van der Waals surface area (Å²) in [5.41, 5.74) is 0.935. The Balaban J connectivity index is 1.75. The predicted octanol–water partition coefficient (Wildman–Crippen LogP) is 1.05. The zero-order valence-corrected chi connectivity index (χ0v) is 13.8. The van der Waals surface area contributed by atoms with Crippen molar-refractivity contribution in [3.05, 3.63) is 29.6 Å². The van der Waals surface area contributed by atoms with Crippen LogP contribution in [0, 0.1) is 11.7 Å². The number of aliphatic carboxylic acids is 1. The maximum atomic E-state index is 13.4. The highest BCUT2D eigenvalue weighted by Crippen LogP contribution is 2.25. The van der Waals surface area contributed by atoms with Gasteiger partial charge in [0.05, 0.1) is 26.9 Å². The normalized spacial score (nSPS) is 25.2. The third kappa shape index (κ3) is 4.03. The molecule has 6 nitrogen and oxygen atoms in total. The zero-order valence-electron chi connectivity index (χ0n) is 13.8. The van der Waals surface area contributed by atoms with Crippen LogP contribution < -0.4 is 4.74 Å². The summed E-state index contributed by atoms with van der Waals surface area (Å²) in [6.07, 6.45) is 0. The Morgan fingerprint density at radius 1 is 1.38 bits per heavy atom. The molecule has 132 valence electrons. The Labute approximate surface area is 140 Å². The lowest BCUT2D eigenvalue weighted by Crippen LogP contribution is -2.45. The highest BCUT2D eigenvalue weighted by atomic mass is 19.1. The summed E-state index contributed by atoms with van der Waals surface area (Å²) < 4.78 is 24.4. The van der Waals surface area contributed by atoms with E-state index in [1.807, 2.05) is 4.90 Å². The molecule has 7 heteroatoms. The first-order chi connectivity index (χ1) is 11.5. The van der Waals surface area contributed by atoms with Gasteiger partial charge in [0.15, 0.2) is 0 Å². The topological polar surface area (TPSA) is 62.2 Å². The maximum absolute atomic E-state index is 13.4. The largest absolute Gasteiger partial charge is 0.496 e. The number of hydrogen-bond acceptors (Lipinski definition) is 5. The van der Waals surface area contributed by atoms with E-state index >= 15 is 0 Å². The van der Waals surface area contributed by atoms with Crippen molar-refractivity contribution in [2.24, 2.45) is 5.92 Å². The van der Waals surface area contributed by atoms with Crippen LogP contribution in [-0.4, -0.2) is 73.4 Å². The second-order valence-electron chi connectivity index (χ2n) is 6.53. The molecule has 1 aromatic rings. The zero-order chi connectivity index (χ0) is 17.1. The van der Waals surface area contributed by atoms with Gasteiger partial charge in [-0.1, -0.05) is 6.07 Å². The van der Waals surface area contributed by atoms with Crippen molar-refractivity contribution in [3.63, 3.8) is 0 Å². The smallest absolute Gasteiger partial charge is 0.317 e. The molecular formula is C17H23FN2O4. The number of ether oxygens (including phenoxy) is 2. The van der Waals surface area contributed by atoms with Gasteiger partial charge in [0.1, 0.15) is 11.6 Å². The minimum atomic E-state index is -0.811. The van der Waals surface area contributed by atoms with Crippen LogP contribution in [0.2, 0.25) is 0 Å². The fraction of sp³-hybridized carbons (Fsp3) is 0.588. The Hall–Kier alpha value is -1.70. The fourth-order valence-electron chi connectivity index (χ4n) is 3.61. The molecule has 2 saturated heterocycles. The minimum Gasteiger partial charge on any atom is -0.496 e. The van der Waals surface area contributed by atoms with E-state index in [2.05, 4.69) is 4.90 Å². The average molecular weight is 338 g/mol. The van der Waals surface area contributed by atoms with Crippen LogP contribution in [0.25, 0.3) is 0 Å². The summed E-state index contributed by atoms with van der Waals surface area (Å²) in [6, 6.07) is 4.64. The van der Waals surface area contributed by atoms with Crippen LogP contribution in [-0.2, 0) is 16.1 Å². The fourth-order valence-corrected chi connectivity index (χ4v) is 3.61. The van der Waals surface area contributed by atoms with Gasteiger partial charge in [-0.25, -0.2) is 4.39 Å². The van der Waals surface area contributed by atoms with E-state index in [1.54, 1.807) is 6.07 Å². The maximum Gasteiger partial charge on any atom is 0.317 e. The van der Waals surface area contributed by atoms with Gasteiger partial charge in [-0.05, 0) is 6.07 Å². The van der Waals surface area contributed by atoms with E-state index in [9.17, 15) is 9.18 Å². The predicted molar refractivity (Wildman–Crippen MR) is 85.5 cm³/mol. The first-order valence-electron chi connectivity index (χ1n) is 8.13. The van der Waals surface area contributed by atoms with Crippen LogP contribution in [0.3, 0.4) is 0 Å². The standard InChI is InChI=1S/C17H23FN2O4/c1-23-16-4-14(18)3-2-13(16)7-19-5-12-6-20(9-17(21)22)15(8-19)11-24-10-12/h2-4,12,15H,5-11H2,1H3,(H,21,22)/t12-,15-/m0/s1. The molecule has 2 aliphatic heterocycles. The number of nitrogens with zero attached hydrogens (tertiary/aromatic N) is 2. The Bertz CT molecular complexity index is 598. The summed E-state index contributed by atoms with van der Waals surface area (Å²) in [7, 11) is 1.54. The third-order valence-electron chi connectivity index (χ3n) is 4.64. The molecular weight excluding hydrogens is 315 g/mol. The highest BCUT2D eigenvalue weighted by Gasteiger charge is 2.34. The molecule has 2 heterocycles. The van der Waals surface area contributed by atoms with E-state index in [0.717, 1.165) is 25.2 Å². The molecule has 0 radical (unpaired) electrons. The number of carboxylic acid groups (broad SMARTS) is 1. The highest BCUT2D eigenvalue weighted by molar-refractivity contribution is 5.69. The number of halogens is 1. The monoisotopic (exact) mass is 338 g/mol. The first-order valence-corrected chi connectivity index (χ1v) is 8.13. The lowest BCUT2D eigenvalue weighted by molar-refractivity contribution is -0.139. The average Bonchev–Trinajstić information content (AvgIpc) is 2.78. The number of carbonyl (C=O) groups is 1. The number of carboxylic acids is 1. The van der Waals surface area contributed by atoms with Gasteiger partial charge in [0.2, 0.25) is 0 Å². The molecule has 1 N–H and O–H groups in total. The van der Waals surface area contributed by atoms with Crippen LogP contribution in [0.15, 0.2) is 18.2 Å². The lowest BCUT2D eigenvalue weighted by atomic mass is 10.1. The van der Waals surface area contributed by atoms with Crippen molar-refractivity contribution in [1.29, 1.82) is 0 Å². The quantitative estimate of drug-likeness (QED) is 0.866. The number of hydrogen-bond donors (Lipinski definition) is 1. The molecule has 2 bridgehead atoms. The summed E-state index contributed by atoms with van der Waals surface area (Å²) in [5.74, 6) is -0.315. The SMILES string of the molecule is COc1cc(F)ccc1CN1C[C@@H]2COC[C@H](C1)N(CC(=O)O)C2. The first kappa shape index (κ1) is 17.1. The summed E-state index contributed by atoms with van der Waals surface area (Å²) in [4.78, 5) is 15.4. The van der Waals surface area contributed by atoms with Crippen molar-refractivity contribution in [2.75, 3.05) is 46.5 Å². The molecule has 2 fully saturated rings. The van der Waals surface area contributed by atoms with Gasteiger partial charge in [-0.2, -0.15) is 0 Å². The van der Waals surface area contributed by atoms with Gasteiger partial charge in [-0.15, -0.1) is 0 Å². The summed E-state index contributed by atoms with van der Waals surface area (Å²) in [5, 5.41) is 9.12. The Kier molecular flexibility index (Phi) is 5.33. The minimum absolute atomic E-state index is 0.0399. The van der Waals surface area contributed by atoms with E-state index < -0.39 is 5.97 Å². The molecule has 2 aliphatic rings. The molecule has 0 amide bonds. The van der Waals surface area contributed by atoms with Gasteiger partial charge >= 0.3 is 5.97 Å². The molecule has 2 atom stereocenters. The van der Waals surface area contributed by atoms with Gasteiger partial charge in [0.25, 0.3) is 0 Å². The van der Waals surface area contributed by atoms with Crippen LogP contribution in [0.4, 0.5) is 4.39 Å². The molecule has 0 saturated carbocycles. The molecule has 0 aromatic heterocycles. The third-order valence-corrected chi connectivity index (χ3v) is 4.64. The number of rotatable bonds is 5. The molecule has 0 unspecified atom stereocenters. The van der Waals surface area contributed by atoms with Crippen molar-refractivity contribution in [2.45, 2.75) is 12.6 Å². The molecule has 3 rings (SSSR count). The molecule has 0 spiro atoms. The number of fused-ring (bicyclic) bond motifs is 3. The molecule has 0 aliphatic carbocycles. The lowest BCUT2D eigenvalue weighted by Gasteiger charge is -2.30. The van der Waals surface area contributed by atoms with Crippen molar-refractivity contribution in [1.82, 2.24) is 9.80 Å².